The predicted molar refractivity (Wildman–Crippen MR) is 65.2 cm³/mol. The number of aliphatic carboxylic acids is 1. The van der Waals surface area contributed by atoms with E-state index < -0.39 is 16.9 Å². The second-order valence-corrected chi connectivity index (χ2v) is 3.74. The Morgan fingerprint density at radius 3 is 2.47 bits per heavy atom. The van der Waals surface area contributed by atoms with Crippen LogP contribution in [0.3, 0.4) is 0 Å². The van der Waals surface area contributed by atoms with Crippen LogP contribution in [0.1, 0.15) is 5.56 Å². The molecule has 0 radical (unpaired) electrons. The van der Waals surface area contributed by atoms with Gasteiger partial charge in [0.25, 0.3) is 5.69 Å². The Kier molecular flexibility index (Phi) is 4.92. The topological polar surface area (TPSA) is 92.5 Å². The molecule has 0 aliphatic rings. The minimum absolute atomic E-state index is 0.0118. The Bertz CT molecular complexity index is 407. The van der Waals surface area contributed by atoms with Crippen molar-refractivity contribution in [2.45, 2.75) is 12.6 Å². The van der Waals surface area contributed by atoms with Gasteiger partial charge in [0.05, 0.1) is 4.92 Å². The summed E-state index contributed by atoms with van der Waals surface area (Å²) in [5.41, 5.74) is 0.793. The molecule has 1 aromatic rings. The summed E-state index contributed by atoms with van der Waals surface area (Å²) in [5.74, 6) is -0.788. The van der Waals surface area contributed by atoms with Crippen molar-refractivity contribution < 1.29 is 14.8 Å². The van der Waals surface area contributed by atoms with Gasteiger partial charge < -0.3 is 5.11 Å². The molecule has 0 saturated heterocycles. The lowest BCUT2D eigenvalue weighted by Crippen LogP contribution is -2.37. The van der Waals surface area contributed by atoms with Gasteiger partial charge in [0.1, 0.15) is 6.04 Å². The van der Waals surface area contributed by atoms with Crippen LogP contribution < -0.4 is 5.32 Å². The molecule has 0 aromatic heterocycles. The number of nitrogens with one attached hydrogen (secondary N) is 1. The highest BCUT2D eigenvalue weighted by Gasteiger charge is 2.14. The largest absolute Gasteiger partial charge is 0.480 e. The minimum atomic E-state index is -0.970. The summed E-state index contributed by atoms with van der Waals surface area (Å²) in [6, 6.07) is 5.21. The first kappa shape index (κ1) is 13.5. The fourth-order valence-corrected chi connectivity index (χ4v) is 1.49. The van der Waals surface area contributed by atoms with Crippen LogP contribution in [0, 0.1) is 10.1 Å². The van der Waals surface area contributed by atoms with Crippen molar-refractivity contribution >= 4 is 24.3 Å². The number of non-ortho nitro benzene ring substituents is 1. The van der Waals surface area contributed by atoms with E-state index in [1.807, 2.05) is 0 Å². The number of carboxylic acids is 1. The van der Waals surface area contributed by atoms with E-state index in [2.05, 4.69) is 17.9 Å². The summed E-state index contributed by atoms with van der Waals surface area (Å²) in [5, 5.41) is 22.0. The van der Waals surface area contributed by atoms with E-state index in [4.69, 9.17) is 5.11 Å². The van der Waals surface area contributed by atoms with Crippen molar-refractivity contribution in [3.63, 3.8) is 0 Å². The van der Waals surface area contributed by atoms with Crippen molar-refractivity contribution in [2.24, 2.45) is 0 Å². The molecule has 1 atom stereocenters. The Balaban J connectivity index is 2.58. The van der Waals surface area contributed by atoms with Crippen LogP contribution in [-0.2, 0) is 11.3 Å². The number of nitrogens with zero attached hydrogens (tertiary/aromatic N) is 1. The Morgan fingerprint density at radius 1 is 1.47 bits per heavy atom. The summed E-state index contributed by atoms with van der Waals surface area (Å²) in [6.07, 6.45) is 0. The molecule has 0 heterocycles. The van der Waals surface area contributed by atoms with Crippen molar-refractivity contribution in [3.8, 4) is 0 Å². The molecule has 2 N–H and O–H groups in total. The van der Waals surface area contributed by atoms with E-state index >= 15 is 0 Å². The minimum Gasteiger partial charge on any atom is -0.480 e. The lowest BCUT2D eigenvalue weighted by Gasteiger charge is -2.11. The molecule has 0 saturated carbocycles. The van der Waals surface area contributed by atoms with Crippen LogP contribution in [0.5, 0.6) is 0 Å². The van der Waals surface area contributed by atoms with Gasteiger partial charge in [-0.1, -0.05) is 12.1 Å². The van der Waals surface area contributed by atoms with Gasteiger partial charge in [0.15, 0.2) is 0 Å². The third kappa shape index (κ3) is 4.04. The average molecular weight is 256 g/mol. The Morgan fingerprint density at radius 2 is 2.06 bits per heavy atom. The van der Waals surface area contributed by atoms with E-state index in [0.29, 0.717) is 6.54 Å². The van der Waals surface area contributed by atoms with Crippen molar-refractivity contribution in [2.75, 3.05) is 5.75 Å². The first-order chi connectivity index (χ1) is 8.04. The quantitative estimate of drug-likeness (QED) is 0.402. The summed E-state index contributed by atoms with van der Waals surface area (Å²) < 4.78 is 0. The molecule has 6 nitrogen and oxygen atoms in total. The third-order valence-corrected chi connectivity index (χ3v) is 2.55. The molecule has 92 valence electrons. The number of carboxylic acid groups (broad SMARTS) is 1. The molecule has 0 amide bonds. The van der Waals surface area contributed by atoms with Gasteiger partial charge in [-0.3, -0.25) is 20.2 Å². The first-order valence-corrected chi connectivity index (χ1v) is 5.48. The lowest BCUT2D eigenvalue weighted by atomic mass is 10.2. The lowest BCUT2D eigenvalue weighted by molar-refractivity contribution is -0.384. The molecule has 0 aliphatic heterocycles. The van der Waals surface area contributed by atoms with Gasteiger partial charge in [-0.15, -0.1) is 0 Å². The standard InChI is InChI=1S/C10H12N2O4S/c13-10(14)9(6-17)11-5-7-1-3-8(4-2-7)12(15)16/h1-4,9,11,17H,5-6H2,(H,13,14)/t9-/m1/s1. The van der Waals surface area contributed by atoms with E-state index in [-0.39, 0.29) is 11.4 Å². The van der Waals surface area contributed by atoms with E-state index in [1.165, 1.54) is 12.1 Å². The van der Waals surface area contributed by atoms with Crippen LogP contribution in [-0.4, -0.2) is 27.8 Å². The zero-order valence-corrected chi connectivity index (χ0v) is 9.76. The molecule has 7 heteroatoms. The van der Waals surface area contributed by atoms with E-state index in [9.17, 15) is 14.9 Å². The number of benzene rings is 1. The van der Waals surface area contributed by atoms with E-state index in [0.717, 1.165) is 5.56 Å². The average Bonchev–Trinajstić information content (AvgIpc) is 2.30. The van der Waals surface area contributed by atoms with Crippen LogP contribution in [0.2, 0.25) is 0 Å². The second-order valence-electron chi connectivity index (χ2n) is 3.38. The summed E-state index contributed by atoms with van der Waals surface area (Å²) in [7, 11) is 0. The van der Waals surface area contributed by atoms with E-state index in [1.54, 1.807) is 12.1 Å². The van der Waals surface area contributed by atoms with Crippen LogP contribution in [0.15, 0.2) is 24.3 Å². The Labute approximate surface area is 103 Å². The highest BCUT2D eigenvalue weighted by Crippen LogP contribution is 2.11. The summed E-state index contributed by atoms with van der Waals surface area (Å²) in [6.45, 7) is 0.329. The number of nitro benzene ring substituents is 1. The maximum absolute atomic E-state index is 10.7. The van der Waals surface area contributed by atoms with Gasteiger partial charge in [-0.05, 0) is 5.56 Å². The predicted octanol–water partition coefficient (Wildman–Crippen LogP) is 1.07. The molecule has 1 aromatic carbocycles. The number of hydrogen-bond donors (Lipinski definition) is 3. The number of nitro groups is 1. The van der Waals surface area contributed by atoms with Crippen LogP contribution in [0.25, 0.3) is 0 Å². The highest BCUT2D eigenvalue weighted by atomic mass is 32.1. The zero-order valence-electron chi connectivity index (χ0n) is 8.87. The normalized spacial score (nSPS) is 12.1. The molecule has 0 aliphatic carbocycles. The number of rotatable bonds is 6. The van der Waals surface area contributed by atoms with Crippen LogP contribution in [0.4, 0.5) is 5.69 Å². The van der Waals surface area contributed by atoms with Crippen LogP contribution >= 0.6 is 12.6 Å². The molecule has 1 rings (SSSR count). The molecule has 0 fully saturated rings. The van der Waals surface area contributed by atoms with Gasteiger partial charge >= 0.3 is 5.97 Å². The first-order valence-electron chi connectivity index (χ1n) is 4.85. The zero-order chi connectivity index (χ0) is 12.8. The van der Waals surface area contributed by atoms with Crippen molar-refractivity contribution in [1.29, 1.82) is 0 Å². The monoisotopic (exact) mass is 256 g/mol. The molecule has 17 heavy (non-hydrogen) atoms. The Hall–Kier alpha value is -1.60. The fraction of sp³-hybridized carbons (Fsp3) is 0.300. The SMILES string of the molecule is O=C(O)[C@@H](CS)NCc1ccc([N+](=O)[O-])cc1. The van der Waals surface area contributed by atoms with Gasteiger partial charge in [-0.25, -0.2) is 0 Å². The van der Waals surface area contributed by atoms with Gasteiger partial charge in [0.2, 0.25) is 0 Å². The van der Waals surface area contributed by atoms with Gasteiger partial charge in [0, 0.05) is 24.4 Å². The maximum atomic E-state index is 10.7. The summed E-state index contributed by atoms with van der Waals surface area (Å²) in [4.78, 5) is 20.6. The maximum Gasteiger partial charge on any atom is 0.321 e. The van der Waals surface area contributed by atoms with Crippen molar-refractivity contribution in [1.82, 2.24) is 5.32 Å². The molecular formula is C10H12N2O4S. The number of hydrogen-bond acceptors (Lipinski definition) is 5. The summed E-state index contributed by atoms with van der Waals surface area (Å²) >= 11 is 3.91. The third-order valence-electron chi connectivity index (χ3n) is 2.18. The molecule has 0 spiro atoms. The fourth-order valence-electron chi connectivity index (χ4n) is 1.21. The highest BCUT2D eigenvalue weighted by molar-refractivity contribution is 7.80. The smallest absolute Gasteiger partial charge is 0.321 e. The second kappa shape index (κ2) is 6.21. The van der Waals surface area contributed by atoms with Gasteiger partial charge in [-0.2, -0.15) is 12.6 Å². The van der Waals surface area contributed by atoms with Crippen molar-refractivity contribution in [3.05, 3.63) is 39.9 Å². The number of carbonyl (C=O) groups is 1. The molecule has 0 unspecified atom stereocenters. The number of thiol groups is 1. The molecular weight excluding hydrogens is 244 g/mol. The molecule has 0 bridgehead atoms.